The van der Waals surface area contributed by atoms with Crippen molar-refractivity contribution in [2.45, 2.75) is 0 Å². The van der Waals surface area contributed by atoms with E-state index in [-0.39, 0.29) is 29.1 Å². The lowest BCUT2D eigenvalue weighted by molar-refractivity contribution is 0.0696. The molecular weight excluding hydrogens is 296 g/mol. The Bertz CT molecular complexity index is 662. The van der Waals surface area contributed by atoms with Crippen molar-refractivity contribution in [3.05, 3.63) is 70.8 Å². The van der Waals surface area contributed by atoms with Gasteiger partial charge in [-0.15, -0.1) is 12.4 Å². The van der Waals surface area contributed by atoms with Gasteiger partial charge in [0.1, 0.15) is 0 Å². The number of hydrogen-bond donors (Lipinski definition) is 2. The van der Waals surface area contributed by atoms with Crippen LogP contribution in [0, 0.1) is 0 Å². The van der Waals surface area contributed by atoms with Gasteiger partial charge < -0.3 is 10.2 Å². The maximum atomic E-state index is 12.2. The SMILES string of the molecule is Cl.O=C(O)c1cc(C(=O)O)cc(C(=O)c2ccccc2)c1. The highest BCUT2D eigenvalue weighted by atomic mass is 35.5. The summed E-state index contributed by atoms with van der Waals surface area (Å²) >= 11 is 0. The zero-order valence-electron chi connectivity index (χ0n) is 10.6. The van der Waals surface area contributed by atoms with E-state index in [0.717, 1.165) is 6.07 Å². The predicted molar refractivity (Wildman–Crippen MR) is 77.5 cm³/mol. The first-order valence-corrected chi connectivity index (χ1v) is 5.70. The van der Waals surface area contributed by atoms with Crippen LogP contribution in [-0.2, 0) is 0 Å². The molecular formula is C15H11ClO5. The van der Waals surface area contributed by atoms with Crippen LogP contribution in [0.25, 0.3) is 0 Å². The van der Waals surface area contributed by atoms with E-state index in [1.807, 2.05) is 0 Å². The molecule has 0 aliphatic heterocycles. The van der Waals surface area contributed by atoms with E-state index >= 15 is 0 Å². The van der Waals surface area contributed by atoms with Crippen LogP contribution in [-0.4, -0.2) is 27.9 Å². The summed E-state index contributed by atoms with van der Waals surface area (Å²) in [5.74, 6) is -2.98. The summed E-state index contributed by atoms with van der Waals surface area (Å²) < 4.78 is 0. The fourth-order valence-electron chi connectivity index (χ4n) is 1.76. The molecule has 0 unspecified atom stereocenters. The van der Waals surface area contributed by atoms with E-state index in [1.54, 1.807) is 30.3 Å². The Hall–Kier alpha value is -2.66. The molecule has 5 nitrogen and oxygen atoms in total. The normalized spacial score (nSPS) is 9.52. The molecule has 0 heterocycles. The van der Waals surface area contributed by atoms with E-state index < -0.39 is 17.7 Å². The van der Waals surface area contributed by atoms with Crippen molar-refractivity contribution in [3.8, 4) is 0 Å². The quantitative estimate of drug-likeness (QED) is 0.847. The van der Waals surface area contributed by atoms with Crippen molar-refractivity contribution < 1.29 is 24.6 Å². The molecule has 21 heavy (non-hydrogen) atoms. The fraction of sp³-hybridized carbons (Fsp3) is 0. The molecule has 2 aromatic rings. The topological polar surface area (TPSA) is 91.7 Å². The minimum Gasteiger partial charge on any atom is -0.478 e. The molecule has 0 aliphatic carbocycles. The second-order valence-electron chi connectivity index (χ2n) is 4.10. The second-order valence-corrected chi connectivity index (χ2v) is 4.10. The van der Waals surface area contributed by atoms with Crippen molar-refractivity contribution in [2.24, 2.45) is 0 Å². The van der Waals surface area contributed by atoms with Gasteiger partial charge in [-0.2, -0.15) is 0 Å². The lowest BCUT2D eigenvalue weighted by Gasteiger charge is -2.05. The number of hydrogen-bond acceptors (Lipinski definition) is 3. The van der Waals surface area contributed by atoms with Gasteiger partial charge >= 0.3 is 11.9 Å². The molecule has 0 aliphatic rings. The molecule has 0 amide bonds. The summed E-state index contributed by atoms with van der Waals surface area (Å²) in [5, 5.41) is 17.9. The highest BCUT2D eigenvalue weighted by Gasteiger charge is 2.16. The standard InChI is InChI=1S/C15H10O5.ClH/c16-13(9-4-2-1-3-5-9)10-6-11(14(17)18)8-12(7-10)15(19)20;/h1-8H,(H,17,18)(H,19,20);1H. The Balaban J connectivity index is 0.00000220. The zero-order valence-corrected chi connectivity index (χ0v) is 11.5. The van der Waals surface area contributed by atoms with E-state index in [0.29, 0.717) is 5.56 Å². The molecule has 0 saturated heterocycles. The van der Waals surface area contributed by atoms with Crippen molar-refractivity contribution in [3.63, 3.8) is 0 Å². The Morgan fingerprint density at radius 2 is 1.10 bits per heavy atom. The van der Waals surface area contributed by atoms with Crippen LogP contribution in [0.3, 0.4) is 0 Å². The average Bonchev–Trinajstić information content (AvgIpc) is 2.46. The highest BCUT2D eigenvalue weighted by molar-refractivity contribution is 6.11. The maximum Gasteiger partial charge on any atom is 0.335 e. The number of halogens is 1. The minimum atomic E-state index is -1.28. The van der Waals surface area contributed by atoms with E-state index in [1.165, 1.54) is 12.1 Å². The van der Waals surface area contributed by atoms with Gasteiger partial charge in [0, 0.05) is 11.1 Å². The molecule has 0 atom stereocenters. The number of rotatable bonds is 4. The van der Waals surface area contributed by atoms with Gasteiger partial charge in [-0.05, 0) is 18.2 Å². The molecule has 0 spiro atoms. The number of benzene rings is 2. The highest BCUT2D eigenvalue weighted by Crippen LogP contribution is 2.15. The van der Waals surface area contributed by atoms with Crippen LogP contribution in [0.1, 0.15) is 36.6 Å². The van der Waals surface area contributed by atoms with E-state index in [2.05, 4.69) is 0 Å². The van der Waals surface area contributed by atoms with Gasteiger partial charge in [0.25, 0.3) is 0 Å². The lowest BCUT2D eigenvalue weighted by atomic mass is 9.98. The Labute approximate surface area is 126 Å². The molecule has 108 valence electrons. The third-order valence-corrected chi connectivity index (χ3v) is 2.73. The largest absolute Gasteiger partial charge is 0.478 e. The second kappa shape index (κ2) is 6.67. The van der Waals surface area contributed by atoms with Crippen LogP contribution < -0.4 is 0 Å². The zero-order chi connectivity index (χ0) is 14.7. The first-order chi connectivity index (χ1) is 9.49. The Kier molecular flexibility index (Phi) is 5.21. The lowest BCUT2D eigenvalue weighted by Crippen LogP contribution is -2.08. The van der Waals surface area contributed by atoms with Crippen LogP contribution in [0.2, 0.25) is 0 Å². The maximum absolute atomic E-state index is 12.2. The molecule has 0 saturated carbocycles. The van der Waals surface area contributed by atoms with Crippen molar-refractivity contribution >= 4 is 30.1 Å². The fourth-order valence-corrected chi connectivity index (χ4v) is 1.76. The first kappa shape index (κ1) is 16.4. The molecule has 0 fully saturated rings. The average molecular weight is 307 g/mol. The number of ketones is 1. The molecule has 2 N–H and O–H groups in total. The predicted octanol–water partition coefficient (Wildman–Crippen LogP) is 2.74. The molecule has 0 aromatic heterocycles. The number of carboxylic acids is 2. The minimum absolute atomic E-state index is 0. The monoisotopic (exact) mass is 306 g/mol. The summed E-state index contributed by atoms with van der Waals surface area (Å²) in [5.41, 5.74) is -0.0618. The van der Waals surface area contributed by atoms with Gasteiger partial charge in [-0.3, -0.25) is 4.79 Å². The van der Waals surface area contributed by atoms with Crippen LogP contribution in [0.15, 0.2) is 48.5 Å². The smallest absolute Gasteiger partial charge is 0.335 e. The number of carboxylic acid groups (broad SMARTS) is 2. The Morgan fingerprint density at radius 3 is 1.52 bits per heavy atom. The third-order valence-electron chi connectivity index (χ3n) is 2.73. The van der Waals surface area contributed by atoms with Gasteiger partial charge in [0.15, 0.2) is 5.78 Å². The number of carbonyl (C=O) groups excluding carboxylic acids is 1. The third kappa shape index (κ3) is 3.67. The van der Waals surface area contributed by atoms with Gasteiger partial charge in [0.2, 0.25) is 0 Å². The van der Waals surface area contributed by atoms with Gasteiger partial charge in [-0.1, -0.05) is 30.3 Å². The molecule has 2 aromatic carbocycles. The molecule has 6 heteroatoms. The van der Waals surface area contributed by atoms with Crippen molar-refractivity contribution in [1.82, 2.24) is 0 Å². The van der Waals surface area contributed by atoms with Gasteiger partial charge in [0.05, 0.1) is 11.1 Å². The van der Waals surface area contributed by atoms with Crippen LogP contribution >= 0.6 is 12.4 Å². The first-order valence-electron chi connectivity index (χ1n) is 5.70. The van der Waals surface area contributed by atoms with E-state index in [9.17, 15) is 14.4 Å². The Morgan fingerprint density at radius 1 is 0.667 bits per heavy atom. The molecule has 2 rings (SSSR count). The van der Waals surface area contributed by atoms with Gasteiger partial charge in [-0.25, -0.2) is 9.59 Å². The summed E-state index contributed by atoms with van der Waals surface area (Å²) in [7, 11) is 0. The molecule has 0 radical (unpaired) electrons. The summed E-state index contributed by atoms with van der Waals surface area (Å²) in [4.78, 5) is 34.2. The van der Waals surface area contributed by atoms with E-state index in [4.69, 9.17) is 10.2 Å². The summed E-state index contributed by atoms with van der Waals surface area (Å²) in [6, 6.07) is 11.6. The van der Waals surface area contributed by atoms with Crippen LogP contribution in [0.4, 0.5) is 0 Å². The summed E-state index contributed by atoms with van der Waals surface area (Å²) in [6.45, 7) is 0. The number of carbonyl (C=O) groups is 3. The molecule has 0 bridgehead atoms. The van der Waals surface area contributed by atoms with Crippen molar-refractivity contribution in [1.29, 1.82) is 0 Å². The number of aromatic carboxylic acids is 2. The van der Waals surface area contributed by atoms with Crippen molar-refractivity contribution in [2.75, 3.05) is 0 Å². The summed E-state index contributed by atoms with van der Waals surface area (Å²) in [6.07, 6.45) is 0. The van der Waals surface area contributed by atoms with Crippen LogP contribution in [0.5, 0.6) is 0 Å².